The highest BCUT2D eigenvalue weighted by atomic mass is 16.5. The predicted octanol–water partition coefficient (Wildman–Crippen LogP) is 4.31. The Kier molecular flexibility index (Phi) is 6.81. The molecule has 1 N–H and O–H groups in total. The zero-order valence-corrected chi connectivity index (χ0v) is 23.0. The third-order valence-corrected chi connectivity index (χ3v) is 7.20. The van der Waals surface area contributed by atoms with Crippen LogP contribution in [0.2, 0.25) is 0 Å². The lowest BCUT2D eigenvalue weighted by Crippen LogP contribution is -2.35. The van der Waals surface area contributed by atoms with Crippen LogP contribution in [0.5, 0.6) is 5.88 Å². The van der Waals surface area contributed by atoms with Crippen molar-refractivity contribution in [2.75, 3.05) is 25.5 Å². The standard InChI is InChI=1S/C29H33N9O2/c1-5-13-36-28(39)23-18-30-29(32-21-9-10-24-20(16-21)17-31-37(24)19(2)3)34-27(23)38(36)25-7-6-8-26(33-25)40-22-11-14-35(4)15-12-22/h5-10,16-19,22H,1,11-15H2,2-4H3,(H,30,32,34). The summed E-state index contributed by atoms with van der Waals surface area (Å²) in [5.41, 5.74) is 2.11. The van der Waals surface area contributed by atoms with E-state index >= 15 is 0 Å². The number of nitrogens with zero attached hydrogens (tertiary/aromatic N) is 8. The fourth-order valence-electron chi connectivity index (χ4n) is 5.14. The van der Waals surface area contributed by atoms with E-state index in [1.807, 2.05) is 47.3 Å². The summed E-state index contributed by atoms with van der Waals surface area (Å²) < 4.78 is 11.5. The van der Waals surface area contributed by atoms with E-state index in [2.05, 4.69) is 47.8 Å². The SMILES string of the molecule is C=CCn1c(=O)c2cnc(Nc3ccc4c(cnn4C(C)C)c3)nc2n1-c1cccc(OC2CCN(C)CC2)n1. The second-order valence-electron chi connectivity index (χ2n) is 10.5. The van der Waals surface area contributed by atoms with Gasteiger partial charge in [-0.3, -0.25) is 9.48 Å². The maximum atomic E-state index is 13.3. The molecule has 0 saturated carbocycles. The van der Waals surface area contributed by atoms with Crippen molar-refractivity contribution in [3.8, 4) is 11.7 Å². The molecule has 1 aliphatic heterocycles. The number of benzene rings is 1. The molecular weight excluding hydrogens is 506 g/mol. The smallest absolute Gasteiger partial charge is 0.278 e. The molecule has 40 heavy (non-hydrogen) atoms. The van der Waals surface area contributed by atoms with Crippen LogP contribution in [0.4, 0.5) is 11.6 Å². The number of pyridine rings is 1. The summed E-state index contributed by atoms with van der Waals surface area (Å²) in [5.74, 6) is 1.42. The van der Waals surface area contributed by atoms with Crippen molar-refractivity contribution < 1.29 is 4.74 Å². The minimum atomic E-state index is -0.215. The van der Waals surface area contributed by atoms with E-state index in [1.165, 1.54) is 0 Å². The molecule has 0 unspecified atom stereocenters. The minimum absolute atomic E-state index is 0.110. The molecule has 1 aromatic carbocycles. The molecule has 11 nitrogen and oxygen atoms in total. The summed E-state index contributed by atoms with van der Waals surface area (Å²) in [4.78, 5) is 29.6. The molecule has 0 amide bonds. The second-order valence-corrected chi connectivity index (χ2v) is 10.5. The van der Waals surface area contributed by atoms with Crippen LogP contribution >= 0.6 is 0 Å². The average Bonchev–Trinajstić information content (AvgIpc) is 3.49. The van der Waals surface area contributed by atoms with Gasteiger partial charge >= 0.3 is 0 Å². The highest BCUT2D eigenvalue weighted by molar-refractivity contribution is 5.84. The van der Waals surface area contributed by atoms with Gasteiger partial charge in [0.2, 0.25) is 11.8 Å². The Morgan fingerprint density at radius 2 is 1.98 bits per heavy atom. The minimum Gasteiger partial charge on any atom is -0.474 e. The number of fused-ring (bicyclic) bond motifs is 2. The van der Waals surface area contributed by atoms with Crippen molar-refractivity contribution in [2.24, 2.45) is 0 Å². The third kappa shape index (κ3) is 4.84. The van der Waals surface area contributed by atoms with Crippen molar-refractivity contribution in [1.29, 1.82) is 0 Å². The highest BCUT2D eigenvalue weighted by Gasteiger charge is 2.21. The Balaban J connectivity index is 1.36. The number of allylic oxidation sites excluding steroid dienone is 1. The molecule has 6 rings (SSSR count). The summed E-state index contributed by atoms with van der Waals surface area (Å²) >= 11 is 0. The van der Waals surface area contributed by atoms with Gasteiger partial charge in [0.25, 0.3) is 5.56 Å². The van der Waals surface area contributed by atoms with Crippen molar-refractivity contribution in [2.45, 2.75) is 45.4 Å². The van der Waals surface area contributed by atoms with Gasteiger partial charge in [-0.2, -0.15) is 15.1 Å². The van der Waals surface area contributed by atoms with Gasteiger partial charge in [-0.25, -0.2) is 14.3 Å². The van der Waals surface area contributed by atoms with Crippen LogP contribution in [0.3, 0.4) is 0 Å². The Hall–Kier alpha value is -4.51. The van der Waals surface area contributed by atoms with Crippen LogP contribution in [0.15, 0.2) is 66.2 Å². The quantitative estimate of drug-likeness (QED) is 0.291. The Labute approximate surface area is 231 Å². The van der Waals surface area contributed by atoms with E-state index in [9.17, 15) is 4.79 Å². The fourth-order valence-corrected chi connectivity index (χ4v) is 5.14. The molecule has 0 bridgehead atoms. The monoisotopic (exact) mass is 539 g/mol. The van der Waals surface area contributed by atoms with Crippen LogP contribution in [-0.4, -0.2) is 65.2 Å². The van der Waals surface area contributed by atoms with Gasteiger partial charge in [0.15, 0.2) is 11.5 Å². The van der Waals surface area contributed by atoms with Crippen LogP contribution in [0.25, 0.3) is 27.8 Å². The third-order valence-electron chi connectivity index (χ3n) is 7.20. The molecular formula is C29H33N9O2. The van der Waals surface area contributed by atoms with Crippen molar-refractivity contribution in [1.82, 2.24) is 39.0 Å². The number of hydrogen-bond donors (Lipinski definition) is 1. The average molecular weight is 540 g/mol. The lowest BCUT2D eigenvalue weighted by atomic mass is 10.1. The normalized spacial score (nSPS) is 14.8. The largest absolute Gasteiger partial charge is 0.474 e. The summed E-state index contributed by atoms with van der Waals surface area (Å²) in [6.07, 6.45) is 7.08. The van der Waals surface area contributed by atoms with Crippen LogP contribution in [-0.2, 0) is 6.54 Å². The van der Waals surface area contributed by atoms with Gasteiger partial charge in [-0.15, -0.1) is 6.58 Å². The Bertz CT molecular complexity index is 1740. The van der Waals surface area contributed by atoms with Crippen molar-refractivity contribution >= 4 is 33.6 Å². The molecule has 0 radical (unpaired) electrons. The number of aromatic nitrogens is 7. The second kappa shape index (κ2) is 10.6. The first-order valence-corrected chi connectivity index (χ1v) is 13.6. The molecule has 1 aliphatic rings. The number of nitrogens with one attached hydrogen (secondary N) is 1. The molecule has 11 heteroatoms. The van der Waals surface area contributed by atoms with E-state index < -0.39 is 0 Å². The molecule has 206 valence electrons. The van der Waals surface area contributed by atoms with Crippen LogP contribution < -0.4 is 15.6 Å². The molecule has 1 saturated heterocycles. The van der Waals surface area contributed by atoms with Crippen molar-refractivity contribution in [3.63, 3.8) is 0 Å². The fraction of sp³-hybridized carbons (Fsp3) is 0.345. The molecule has 5 heterocycles. The number of hydrogen-bond acceptors (Lipinski definition) is 8. The van der Waals surface area contributed by atoms with E-state index in [1.54, 1.807) is 21.6 Å². The first-order chi connectivity index (χ1) is 19.4. The van der Waals surface area contributed by atoms with Crippen molar-refractivity contribution in [3.05, 3.63) is 71.8 Å². The zero-order valence-electron chi connectivity index (χ0n) is 23.0. The molecule has 0 aliphatic carbocycles. The molecule has 5 aromatic rings. The number of piperidine rings is 1. The lowest BCUT2D eigenvalue weighted by Gasteiger charge is -2.29. The number of likely N-dealkylation sites (tertiary alicyclic amines) is 1. The molecule has 4 aromatic heterocycles. The number of anilines is 2. The number of rotatable bonds is 8. The van der Waals surface area contributed by atoms with Gasteiger partial charge in [0, 0.05) is 42.5 Å². The Morgan fingerprint density at radius 3 is 2.75 bits per heavy atom. The van der Waals surface area contributed by atoms with E-state index in [0.717, 1.165) is 42.5 Å². The maximum absolute atomic E-state index is 13.3. The van der Waals surface area contributed by atoms with Crippen LogP contribution in [0.1, 0.15) is 32.7 Å². The summed E-state index contributed by atoms with van der Waals surface area (Å²) in [6, 6.07) is 11.8. The van der Waals surface area contributed by atoms with Gasteiger partial charge in [-0.05, 0) is 58.0 Å². The zero-order chi connectivity index (χ0) is 27.8. The van der Waals surface area contributed by atoms with Crippen LogP contribution in [0, 0.1) is 0 Å². The molecule has 1 fully saturated rings. The van der Waals surface area contributed by atoms with E-state index in [-0.39, 0.29) is 24.2 Å². The van der Waals surface area contributed by atoms with Gasteiger partial charge in [0.05, 0.1) is 18.3 Å². The molecule has 0 atom stereocenters. The predicted molar refractivity (Wildman–Crippen MR) is 156 cm³/mol. The van der Waals surface area contributed by atoms with E-state index in [4.69, 9.17) is 14.7 Å². The van der Waals surface area contributed by atoms with Gasteiger partial charge in [0.1, 0.15) is 11.5 Å². The Morgan fingerprint density at radius 1 is 1.15 bits per heavy atom. The first kappa shape index (κ1) is 25.8. The topological polar surface area (TPSA) is 108 Å². The summed E-state index contributed by atoms with van der Waals surface area (Å²) in [7, 11) is 2.12. The summed E-state index contributed by atoms with van der Waals surface area (Å²) in [6.45, 7) is 10.3. The molecule has 0 spiro atoms. The van der Waals surface area contributed by atoms with Gasteiger partial charge in [-0.1, -0.05) is 12.1 Å². The van der Waals surface area contributed by atoms with E-state index in [0.29, 0.717) is 28.7 Å². The maximum Gasteiger partial charge on any atom is 0.278 e. The number of ether oxygens (including phenoxy) is 1. The lowest BCUT2D eigenvalue weighted by molar-refractivity contribution is 0.110. The highest BCUT2D eigenvalue weighted by Crippen LogP contribution is 2.25. The first-order valence-electron chi connectivity index (χ1n) is 13.6. The summed E-state index contributed by atoms with van der Waals surface area (Å²) in [5, 5.41) is 9.18. The van der Waals surface area contributed by atoms with Gasteiger partial charge < -0.3 is 15.0 Å².